The van der Waals surface area contributed by atoms with E-state index in [4.69, 9.17) is 9.15 Å². The van der Waals surface area contributed by atoms with Crippen LogP contribution >= 0.6 is 11.7 Å². The SMILES string of the molecule is C[C@H](CNS(=O)(=O)c1cccc2nsnc12)Oc1cccc(CN(C)Cc2ccoc2)c1. The van der Waals surface area contributed by atoms with Crippen molar-refractivity contribution in [1.29, 1.82) is 0 Å². The van der Waals surface area contributed by atoms with E-state index < -0.39 is 10.0 Å². The molecule has 168 valence electrons. The fourth-order valence-corrected chi connectivity index (χ4v) is 5.24. The molecule has 0 saturated heterocycles. The lowest BCUT2D eigenvalue weighted by Gasteiger charge is -2.18. The van der Waals surface area contributed by atoms with Crippen LogP contribution in [0, 0.1) is 0 Å². The third kappa shape index (κ3) is 5.52. The summed E-state index contributed by atoms with van der Waals surface area (Å²) in [7, 11) is -1.70. The van der Waals surface area contributed by atoms with Gasteiger partial charge in [0.1, 0.15) is 27.8 Å². The zero-order chi connectivity index (χ0) is 22.6. The third-order valence-corrected chi connectivity index (χ3v) is 6.82. The van der Waals surface area contributed by atoms with Gasteiger partial charge in [-0.3, -0.25) is 4.90 Å². The molecule has 0 saturated carbocycles. The van der Waals surface area contributed by atoms with Gasteiger partial charge in [-0.25, -0.2) is 13.1 Å². The highest BCUT2D eigenvalue weighted by Crippen LogP contribution is 2.21. The molecule has 0 fully saturated rings. The minimum atomic E-state index is -3.73. The van der Waals surface area contributed by atoms with Gasteiger partial charge in [0.2, 0.25) is 10.0 Å². The Labute approximate surface area is 191 Å². The van der Waals surface area contributed by atoms with Crippen molar-refractivity contribution in [2.45, 2.75) is 31.0 Å². The van der Waals surface area contributed by atoms with Gasteiger partial charge in [-0.05, 0) is 49.9 Å². The molecule has 32 heavy (non-hydrogen) atoms. The van der Waals surface area contributed by atoms with Gasteiger partial charge < -0.3 is 9.15 Å². The van der Waals surface area contributed by atoms with Crippen molar-refractivity contribution >= 4 is 32.8 Å². The highest BCUT2D eigenvalue weighted by Gasteiger charge is 2.20. The van der Waals surface area contributed by atoms with Gasteiger partial charge in [-0.15, -0.1) is 0 Å². The molecule has 0 aliphatic carbocycles. The summed E-state index contributed by atoms with van der Waals surface area (Å²) in [4.78, 5) is 2.30. The van der Waals surface area contributed by atoms with Gasteiger partial charge >= 0.3 is 0 Å². The van der Waals surface area contributed by atoms with E-state index in [-0.39, 0.29) is 17.5 Å². The highest BCUT2D eigenvalue weighted by molar-refractivity contribution is 7.89. The second kappa shape index (κ2) is 9.78. The molecule has 0 bridgehead atoms. The van der Waals surface area contributed by atoms with Crippen LogP contribution in [0.15, 0.2) is 70.4 Å². The smallest absolute Gasteiger partial charge is 0.242 e. The number of furan rings is 1. The Hall–Kier alpha value is -2.79. The lowest BCUT2D eigenvalue weighted by atomic mass is 10.2. The molecular weight excluding hydrogens is 448 g/mol. The summed E-state index contributed by atoms with van der Waals surface area (Å²) in [5, 5.41) is 0. The average molecular weight is 473 g/mol. The van der Waals surface area contributed by atoms with E-state index in [0.29, 0.717) is 16.8 Å². The number of aromatic nitrogens is 2. The standard InChI is InChI=1S/C22H24N4O4S2/c1-16(12-23-32(27,28)21-8-4-7-20-22(21)25-31-24-20)30-19-6-3-5-17(11-19)13-26(2)14-18-9-10-29-15-18/h3-11,15-16,23H,12-14H2,1-2H3/t16-/m1/s1. The molecule has 4 aromatic rings. The molecule has 4 rings (SSSR count). The van der Waals surface area contributed by atoms with Crippen LogP contribution in [0.1, 0.15) is 18.1 Å². The van der Waals surface area contributed by atoms with Gasteiger partial charge in [0.05, 0.1) is 24.3 Å². The largest absolute Gasteiger partial charge is 0.489 e. The number of hydrogen-bond donors (Lipinski definition) is 1. The van der Waals surface area contributed by atoms with E-state index in [9.17, 15) is 8.42 Å². The van der Waals surface area contributed by atoms with Crippen LogP contribution in [-0.2, 0) is 23.1 Å². The number of hydrogen-bond acceptors (Lipinski definition) is 8. The minimum Gasteiger partial charge on any atom is -0.489 e. The zero-order valence-corrected chi connectivity index (χ0v) is 19.4. The second-order valence-electron chi connectivity index (χ2n) is 7.62. The maximum atomic E-state index is 12.8. The predicted octanol–water partition coefficient (Wildman–Crippen LogP) is 3.66. The average Bonchev–Trinajstić information content (AvgIpc) is 3.44. The molecule has 2 aromatic heterocycles. The van der Waals surface area contributed by atoms with Crippen molar-refractivity contribution in [3.05, 3.63) is 72.2 Å². The molecule has 0 unspecified atom stereocenters. The Morgan fingerprint density at radius 1 is 1.12 bits per heavy atom. The van der Waals surface area contributed by atoms with Crippen molar-refractivity contribution in [1.82, 2.24) is 18.4 Å². The zero-order valence-electron chi connectivity index (χ0n) is 17.8. The summed E-state index contributed by atoms with van der Waals surface area (Å²) in [6.45, 7) is 3.47. The lowest BCUT2D eigenvalue weighted by Crippen LogP contribution is -2.33. The van der Waals surface area contributed by atoms with Gasteiger partial charge in [-0.1, -0.05) is 18.2 Å². The van der Waals surface area contributed by atoms with Crippen molar-refractivity contribution in [3.63, 3.8) is 0 Å². The molecule has 0 spiro atoms. The number of nitrogens with one attached hydrogen (secondary N) is 1. The van der Waals surface area contributed by atoms with Crippen molar-refractivity contribution in [2.75, 3.05) is 13.6 Å². The molecule has 0 amide bonds. The van der Waals surface area contributed by atoms with Crippen LogP contribution in [0.4, 0.5) is 0 Å². The highest BCUT2D eigenvalue weighted by atomic mass is 32.2. The summed E-state index contributed by atoms with van der Waals surface area (Å²) in [5.74, 6) is 0.691. The predicted molar refractivity (Wildman–Crippen MR) is 123 cm³/mol. The fourth-order valence-electron chi connectivity index (χ4n) is 3.36. The van der Waals surface area contributed by atoms with Gasteiger partial charge in [0.15, 0.2) is 0 Å². The fraction of sp³-hybridized carbons (Fsp3) is 0.273. The maximum absolute atomic E-state index is 12.8. The topological polar surface area (TPSA) is 97.6 Å². The summed E-state index contributed by atoms with van der Waals surface area (Å²) in [6.07, 6.45) is 3.04. The minimum absolute atomic E-state index is 0.124. The van der Waals surface area contributed by atoms with Crippen molar-refractivity contribution in [2.24, 2.45) is 0 Å². The molecule has 0 aliphatic heterocycles. The first-order valence-corrected chi connectivity index (χ1v) is 12.3. The van der Waals surface area contributed by atoms with E-state index in [1.165, 1.54) is 6.07 Å². The molecule has 1 N–H and O–H groups in total. The normalized spacial score (nSPS) is 13.0. The molecule has 0 radical (unpaired) electrons. The lowest BCUT2D eigenvalue weighted by molar-refractivity contribution is 0.224. The van der Waals surface area contributed by atoms with E-state index in [1.807, 2.05) is 44.3 Å². The van der Waals surface area contributed by atoms with Crippen LogP contribution in [-0.4, -0.2) is 41.8 Å². The number of sulfonamides is 1. The first kappa shape index (κ1) is 22.4. The van der Waals surface area contributed by atoms with Crippen LogP contribution in [0.3, 0.4) is 0 Å². The van der Waals surface area contributed by atoms with E-state index in [1.54, 1.807) is 24.7 Å². The number of nitrogens with zero attached hydrogens (tertiary/aromatic N) is 3. The van der Waals surface area contributed by atoms with E-state index >= 15 is 0 Å². The van der Waals surface area contributed by atoms with E-state index in [2.05, 4.69) is 18.4 Å². The first-order valence-electron chi connectivity index (χ1n) is 10.1. The van der Waals surface area contributed by atoms with Crippen molar-refractivity contribution in [3.8, 4) is 5.75 Å². The summed E-state index contributed by atoms with van der Waals surface area (Å²) in [6, 6.07) is 14.7. The molecule has 0 aliphatic rings. The van der Waals surface area contributed by atoms with E-state index in [0.717, 1.165) is 35.9 Å². The van der Waals surface area contributed by atoms with Gasteiger partial charge in [-0.2, -0.15) is 8.75 Å². The molecular formula is C22H24N4O4S2. The first-order chi connectivity index (χ1) is 15.4. The summed E-state index contributed by atoms with van der Waals surface area (Å²) >= 11 is 0.990. The summed E-state index contributed by atoms with van der Waals surface area (Å²) < 4.78 is 47.4. The molecule has 1 atom stereocenters. The molecule has 8 nitrogen and oxygen atoms in total. The number of fused-ring (bicyclic) bond motifs is 1. The van der Waals surface area contributed by atoms with Crippen LogP contribution in [0.5, 0.6) is 5.75 Å². The Kier molecular flexibility index (Phi) is 6.85. The third-order valence-electron chi connectivity index (χ3n) is 4.82. The van der Waals surface area contributed by atoms with Gasteiger partial charge in [0.25, 0.3) is 0 Å². The van der Waals surface area contributed by atoms with Gasteiger partial charge in [0, 0.05) is 25.2 Å². The Balaban J connectivity index is 1.34. The van der Waals surface area contributed by atoms with Crippen LogP contribution in [0.25, 0.3) is 11.0 Å². The molecule has 2 aromatic carbocycles. The number of benzene rings is 2. The monoisotopic (exact) mass is 472 g/mol. The second-order valence-corrected chi connectivity index (χ2v) is 9.88. The Morgan fingerprint density at radius 3 is 2.75 bits per heavy atom. The molecule has 10 heteroatoms. The summed E-state index contributed by atoms with van der Waals surface area (Å²) in [5.41, 5.74) is 3.16. The maximum Gasteiger partial charge on any atom is 0.242 e. The van der Waals surface area contributed by atoms with Crippen LogP contribution in [0.2, 0.25) is 0 Å². The molecule has 2 heterocycles. The Bertz CT molecular complexity index is 1270. The number of ether oxygens (including phenoxy) is 1. The Morgan fingerprint density at radius 2 is 1.94 bits per heavy atom. The number of rotatable bonds is 10. The van der Waals surface area contributed by atoms with Crippen LogP contribution < -0.4 is 9.46 Å². The quantitative estimate of drug-likeness (QED) is 0.376. The van der Waals surface area contributed by atoms with Crippen molar-refractivity contribution < 1.29 is 17.6 Å².